The van der Waals surface area contributed by atoms with Crippen molar-refractivity contribution in [2.45, 2.75) is 19.3 Å². The molecule has 25 heavy (non-hydrogen) atoms. The van der Waals surface area contributed by atoms with Gasteiger partial charge in [-0.1, -0.05) is 18.2 Å². The minimum absolute atomic E-state index is 0.0149. The highest BCUT2D eigenvalue weighted by Gasteiger charge is 2.24. The lowest BCUT2D eigenvalue weighted by atomic mass is 9.90. The molecule has 0 unspecified atom stereocenters. The summed E-state index contributed by atoms with van der Waals surface area (Å²) in [5.74, 6) is 0.577. The Morgan fingerprint density at radius 1 is 1.12 bits per heavy atom. The van der Waals surface area contributed by atoms with Gasteiger partial charge in [0.1, 0.15) is 0 Å². The van der Waals surface area contributed by atoms with E-state index in [1.807, 2.05) is 29.3 Å². The summed E-state index contributed by atoms with van der Waals surface area (Å²) >= 11 is 0. The van der Waals surface area contributed by atoms with Gasteiger partial charge in [0.2, 0.25) is 0 Å². The van der Waals surface area contributed by atoms with E-state index in [1.165, 1.54) is 10.9 Å². The average molecular weight is 332 g/mol. The van der Waals surface area contributed by atoms with Crippen LogP contribution in [0.1, 0.15) is 28.9 Å². The number of amides is 1. The average Bonchev–Trinajstić information content (AvgIpc) is 2.69. The van der Waals surface area contributed by atoms with Crippen molar-refractivity contribution in [3.8, 4) is 0 Å². The maximum absolute atomic E-state index is 12.4. The first-order valence-corrected chi connectivity index (χ1v) is 8.70. The highest BCUT2D eigenvalue weighted by molar-refractivity contribution is 5.92. The first-order valence-electron chi connectivity index (χ1n) is 8.70. The molecule has 1 amide bonds. The smallest absolute Gasteiger partial charge is 0.274 e. The molecule has 0 aliphatic carbocycles. The molecule has 1 fully saturated rings. The van der Waals surface area contributed by atoms with Crippen molar-refractivity contribution in [3.63, 3.8) is 0 Å². The Hall–Kier alpha value is -2.82. The summed E-state index contributed by atoms with van der Waals surface area (Å²) in [5.41, 5.74) is 2.74. The summed E-state index contributed by atoms with van der Waals surface area (Å²) in [6.07, 6.45) is 6.61. The molecule has 5 nitrogen and oxygen atoms in total. The standard InChI is InChI=1S/C20H20N4O/c25-20(19-6-3-9-22-23-19)24-10-7-15(8-11-24)12-16-13-17-4-1-2-5-18(17)21-14-16/h1-6,9,13-15H,7-8,10-12H2. The lowest BCUT2D eigenvalue weighted by Gasteiger charge is -2.31. The van der Waals surface area contributed by atoms with Crippen LogP contribution in [0, 0.1) is 5.92 Å². The zero-order valence-electron chi connectivity index (χ0n) is 14.0. The molecule has 1 aliphatic rings. The minimum Gasteiger partial charge on any atom is -0.337 e. The van der Waals surface area contributed by atoms with Crippen molar-refractivity contribution in [1.82, 2.24) is 20.1 Å². The van der Waals surface area contributed by atoms with Gasteiger partial charge in [-0.25, -0.2) is 0 Å². The van der Waals surface area contributed by atoms with Gasteiger partial charge >= 0.3 is 0 Å². The number of para-hydroxylation sites is 1. The third-order valence-electron chi connectivity index (χ3n) is 4.86. The van der Waals surface area contributed by atoms with Crippen molar-refractivity contribution in [1.29, 1.82) is 0 Å². The Morgan fingerprint density at radius 2 is 1.96 bits per heavy atom. The number of carbonyl (C=O) groups is 1. The second-order valence-corrected chi connectivity index (χ2v) is 6.58. The topological polar surface area (TPSA) is 59.0 Å². The number of nitrogens with zero attached hydrogens (tertiary/aromatic N) is 4. The number of fused-ring (bicyclic) bond motifs is 1. The van der Waals surface area contributed by atoms with Crippen molar-refractivity contribution < 1.29 is 4.79 Å². The van der Waals surface area contributed by atoms with Gasteiger partial charge in [-0.15, -0.1) is 5.10 Å². The number of benzene rings is 1. The predicted molar refractivity (Wildman–Crippen MR) is 96.1 cm³/mol. The van der Waals surface area contributed by atoms with Crippen LogP contribution < -0.4 is 0 Å². The molecule has 2 aromatic heterocycles. The lowest BCUT2D eigenvalue weighted by Crippen LogP contribution is -2.39. The number of rotatable bonds is 3. The Balaban J connectivity index is 1.37. The van der Waals surface area contributed by atoms with E-state index in [0.29, 0.717) is 11.6 Å². The van der Waals surface area contributed by atoms with E-state index in [0.717, 1.165) is 37.9 Å². The molecule has 0 spiro atoms. The van der Waals surface area contributed by atoms with Crippen LogP contribution in [0.25, 0.3) is 10.9 Å². The fourth-order valence-corrected chi connectivity index (χ4v) is 3.48. The van der Waals surface area contributed by atoms with Gasteiger partial charge in [-0.3, -0.25) is 9.78 Å². The highest BCUT2D eigenvalue weighted by Crippen LogP contribution is 2.23. The van der Waals surface area contributed by atoms with E-state index >= 15 is 0 Å². The van der Waals surface area contributed by atoms with E-state index in [-0.39, 0.29) is 5.91 Å². The van der Waals surface area contributed by atoms with Crippen molar-refractivity contribution >= 4 is 16.8 Å². The molecule has 1 saturated heterocycles. The normalized spacial score (nSPS) is 15.4. The zero-order chi connectivity index (χ0) is 17.1. The van der Waals surface area contributed by atoms with E-state index in [9.17, 15) is 4.79 Å². The van der Waals surface area contributed by atoms with Gasteiger partial charge < -0.3 is 4.90 Å². The molecule has 3 aromatic rings. The molecule has 1 aromatic carbocycles. The summed E-state index contributed by atoms with van der Waals surface area (Å²) in [5, 5.41) is 8.90. The fraction of sp³-hybridized carbons (Fsp3) is 0.300. The maximum Gasteiger partial charge on any atom is 0.274 e. The van der Waals surface area contributed by atoms with Crippen LogP contribution in [0.3, 0.4) is 0 Å². The van der Waals surface area contributed by atoms with Crippen LogP contribution in [-0.4, -0.2) is 39.1 Å². The summed E-state index contributed by atoms with van der Waals surface area (Å²) in [7, 11) is 0. The summed E-state index contributed by atoms with van der Waals surface area (Å²) in [4.78, 5) is 18.9. The molecule has 0 radical (unpaired) electrons. The lowest BCUT2D eigenvalue weighted by molar-refractivity contribution is 0.0683. The second kappa shape index (κ2) is 6.97. The third-order valence-corrected chi connectivity index (χ3v) is 4.86. The number of piperidine rings is 1. The van der Waals surface area contributed by atoms with Crippen LogP contribution in [0.15, 0.2) is 54.9 Å². The monoisotopic (exact) mass is 332 g/mol. The van der Waals surface area contributed by atoms with Gasteiger partial charge in [-0.2, -0.15) is 5.10 Å². The van der Waals surface area contributed by atoms with E-state index in [4.69, 9.17) is 0 Å². The van der Waals surface area contributed by atoms with Gasteiger partial charge in [0, 0.05) is 30.9 Å². The molecule has 0 N–H and O–H groups in total. The number of likely N-dealkylation sites (tertiary alicyclic amines) is 1. The predicted octanol–water partition coefficient (Wildman–Crippen LogP) is 3.12. The van der Waals surface area contributed by atoms with Gasteiger partial charge in [0.15, 0.2) is 5.69 Å². The van der Waals surface area contributed by atoms with E-state index < -0.39 is 0 Å². The number of hydrogen-bond acceptors (Lipinski definition) is 4. The molecule has 126 valence electrons. The number of hydrogen-bond donors (Lipinski definition) is 0. The summed E-state index contributed by atoms with van der Waals surface area (Å²) in [6.45, 7) is 1.56. The third kappa shape index (κ3) is 3.50. The van der Waals surface area contributed by atoms with Crippen LogP contribution in [0.5, 0.6) is 0 Å². The zero-order valence-corrected chi connectivity index (χ0v) is 14.0. The first-order chi connectivity index (χ1) is 12.3. The molecular formula is C20H20N4O. The van der Waals surface area contributed by atoms with E-state index in [2.05, 4.69) is 27.3 Å². The highest BCUT2D eigenvalue weighted by atomic mass is 16.2. The molecule has 1 aliphatic heterocycles. The van der Waals surface area contributed by atoms with Crippen LogP contribution in [0.4, 0.5) is 0 Å². The Morgan fingerprint density at radius 3 is 2.76 bits per heavy atom. The molecule has 3 heterocycles. The maximum atomic E-state index is 12.4. The Kier molecular flexibility index (Phi) is 4.37. The molecule has 4 rings (SSSR count). The Bertz CT molecular complexity index is 873. The van der Waals surface area contributed by atoms with Gasteiger partial charge in [-0.05, 0) is 55.0 Å². The van der Waals surface area contributed by atoms with Crippen LogP contribution in [0.2, 0.25) is 0 Å². The van der Waals surface area contributed by atoms with Crippen molar-refractivity contribution in [2.24, 2.45) is 5.92 Å². The Labute approximate surface area is 146 Å². The number of aromatic nitrogens is 3. The SMILES string of the molecule is O=C(c1cccnn1)N1CCC(Cc2cnc3ccccc3c2)CC1. The molecule has 0 atom stereocenters. The minimum atomic E-state index is -0.0149. The molecule has 0 bridgehead atoms. The van der Waals surface area contributed by atoms with Gasteiger partial charge in [0.05, 0.1) is 5.52 Å². The van der Waals surface area contributed by atoms with Gasteiger partial charge in [0.25, 0.3) is 5.91 Å². The first kappa shape index (κ1) is 15.7. The fourth-order valence-electron chi connectivity index (χ4n) is 3.48. The molecule has 5 heteroatoms. The molecular weight excluding hydrogens is 312 g/mol. The summed E-state index contributed by atoms with van der Waals surface area (Å²) in [6, 6.07) is 13.9. The van der Waals surface area contributed by atoms with Crippen molar-refractivity contribution in [3.05, 3.63) is 66.1 Å². The number of carbonyl (C=O) groups excluding carboxylic acids is 1. The summed E-state index contributed by atoms with van der Waals surface area (Å²) < 4.78 is 0. The molecule has 0 saturated carbocycles. The second-order valence-electron chi connectivity index (χ2n) is 6.58. The quantitative estimate of drug-likeness (QED) is 0.739. The largest absolute Gasteiger partial charge is 0.337 e. The number of pyridine rings is 1. The van der Waals surface area contributed by atoms with Crippen LogP contribution >= 0.6 is 0 Å². The van der Waals surface area contributed by atoms with E-state index in [1.54, 1.807) is 18.3 Å². The van der Waals surface area contributed by atoms with Crippen LogP contribution in [-0.2, 0) is 6.42 Å². The van der Waals surface area contributed by atoms with Crippen molar-refractivity contribution in [2.75, 3.05) is 13.1 Å².